The van der Waals surface area contributed by atoms with Gasteiger partial charge in [-0.3, -0.25) is 0 Å². The monoisotopic (exact) mass is 225 g/mol. The second-order valence-corrected chi connectivity index (χ2v) is 5.46. The third-order valence-electron chi connectivity index (χ3n) is 4.51. The Hall–Kier alpha value is -1.38. The molecule has 17 heavy (non-hydrogen) atoms. The summed E-state index contributed by atoms with van der Waals surface area (Å²) in [6.07, 6.45) is 0.908. The van der Waals surface area contributed by atoms with Crippen molar-refractivity contribution in [3.63, 3.8) is 0 Å². The number of piperidine rings is 1. The lowest BCUT2D eigenvalue weighted by molar-refractivity contribution is 0.148. The number of benzene rings is 2. The van der Waals surface area contributed by atoms with E-state index in [1.54, 1.807) is 0 Å². The third-order valence-corrected chi connectivity index (χ3v) is 4.51. The Morgan fingerprint density at radius 1 is 1.00 bits per heavy atom. The predicted molar refractivity (Wildman–Crippen MR) is 68.1 cm³/mol. The van der Waals surface area contributed by atoms with Gasteiger partial charge in [-0.25, -0.2) is 0 Å². The van der Waals surface area contributed by atoms with Crippen molar-refractivity contribution in [3.05, 3.63) is 48.0 Å². The molecule has 2 fully saturated rings. The van der Waals surface area contributed by atoms with E-state index in [2.05, 4.69) is 47.8 Å². The van der Waals surface area contributed by atoms with Crippen molar-refractivity contribution in [3.8, 4) is 0 Å². The molecule has 2 aromatic carbocycles. The number of fused-ring (bicyclic) bond motifs is 2. The minimum absolute atomic E-state index is 0.0168. The van der Waals surface area contributed by atoms with E-state index in [0.717, 1.165) is 19.5 Å². The Morgan fingerprint density at radius 3 is 2.53 bits per heavy atom. The van der Waals surface area contributed by atoms with Crippen LogP contribution in [0.3, 0.4) is 0 Å². The first-order valence-electron chi connectivity index (χ1n) is 6.16. The summed E-state index contributed by atoms with van der Waals surface area (Å²) in [6, 6.07) is 15.0. The molecule has 2 heteroatoms. The maximum absolute atomic E-state index is 10.4. The van der Waals surface area contributed by atoms with Crippen LogP contribution < -0.4 is 5.32 Å². The van der Waals surface area contributed by atoms with E-state index in [0.29, 0.717) is 0 Å². The van der Waals surface area contributed by atoms with Gasteiger partial charge in [-0.15, -0.1) is 0 Å². The summed E-state index contributed by atoms with van der Waals surface area (Å²) in [5, 5.41) is 16.2. The SMILES string of the molecule is O[C@@]12CNC[C@]1(c1ccc3ccccc3c1)C2. The molecular formula is C15H15NO. The maximum Gasteiger partial charge on any atom is 0.0890 e. The van der Waals surface area contributed by atoms with Gasteiger partial charge < -0.3 is 10.4 Å². The van der Waals surface area contributed by atoms with Gasteiger partial charge in [0.1, 0.15) is 0 Å². The van der Waals surface area contributed by atoms with Crippen LogP contribution >= 0.6 is 0 Å². The van der Waals surface area contributed by atoms with E-state index in [1.165, 1.54) is 16.3 Å². The van der Waals surface area contributed by atoms with Crippen molar-refractivity contribution >= 4 is 10.8 Å². The molecule has 1 aliphatic heterocycles. The Kier molecular flexibility index (Phi) is 1.64. The van der Waals surface area contributed by atoms with Crippen molar-refractivity contribution in [1.29, 1.82) is 0 Å². The van der Waals surface area contributed by atoms with Crippen LogP contribution in [0.1, 0.15) is 12.0 Å². The van der Waals surface area contributed by atoms with Gasteiger partial charge in [0, 0.05) is 18.5 Å². The molecule has 2 aromatic rings. The Bertz CT molecular complexity index is 605. The predicted octanol–water partition coefficient (Wildman–Crippen LogP) is 1.82. The molecular weight excluding hydrogens is 210 g/mol. The van der Waals surface area contributed by atoms with E-state index in [1.807, 2.05) is 0 Å². The molecule has 0 bridgehead atoms. The molecule has 0 aromatic heterocycles. The molecule has 0 radical (unpaired) electrons. The Labute approximate surface area is 100 Å². The molecule has 0 unspecified atom stereocenters. The van der Waals surface area contributed by atoms with Crippen LogP contribution in [-0.2, 0) is 5.41 Å². The largest absolute Gasteiger partial charge is 0.388 e. The van der Waals surface area contributed by atoms with Gasteiger partial charge in [-0.1, -0.05) is 42.5 Å². The lowest BCUT2D eigenvalue weighted by Crippen LogP contribution is -2.21. The summed E-state index contributed by atoms with van der Waals surface area (Å²) in [5.41, 5.74) is 0.774. The number of β-amino-alcohol motifs (C(OH)–C–C–N with tert-alkyl or cyclic N) is 1. The molecule has 1 saturated carbocycles. The van der Waals surface area contributed by atoms with E-state index in [4.69, 9.17) is 0 Å². The number of aliphatic hydroxyl groups is 1. The molecule has 2 atom stereocenters. The fourth-order valence-electron chi connectivity index (χ4n) is 3.36. The van der Waals surface area contributed by atoms with E-state index >= 15 is 0 Å². The van der Waals surface area contributed by atoms with Crippen LogP contribution in [0.25, 0.3) is 10.8 Å². The van der Waals surface area contributed by atoms with Gasteiger partial charge in [0.05, 0.1) is 5.60 Å². The highest BCUT2D eigenvalue weighted by molar-refractivity contribution is 5.83. The van der Waals surface area contributed by atoms with Gasteiger partial charge in [0.25, 0.3) is 0 Å². The van der Waals surface area contributed by atoms with Crippen LogP contribution in [0.2, 0.25) is 0 Å². The molecule has 2 aliphatic rings. The molecule has 0 spiro atoms. The van der Waals surface area contributed by atoms with Crippen LogP contribution in [0.4, 0.5) is 0 Å². The van der Waals surface area contributed by atoms with Gasteiger partial charge >= 0.3 is 0 Å². The van der Waals surface area contributed by atoms with Crippen molar-refractivity contribution in [2.24, 2.45) is 0 Å². The summed E-state index contributed by atoms with van der Waals surface area (Å²) < 4.78 is 0. The highest BCUT2D eigenvalue weighted by Crippen LogP contribution is 2.59. The molecule has 86 valence electrons. The quantitative estimate of drug-likeness (QED) is 0.776. The van der Waals surface area contributed by atoms with Crippen molar-refractivity contribution in [1.82, 2.24) is 5.32 Å². The van der Waals surface area contributed by atoms with Crippen molar-refractivity contribution in [2.75, 3.05) is 13.1 Å². The zero-order chi connectivity index (χ0) is 11.5. The van der Waals surface area contributed by atoms with Gasteiger partial charge in [0.2, 0.25) is 0 Å². The zero-order valence-electron chi connectivity index (χ0n) is 9.61. The summed E-state index contributed by atoms with van der Waals surface area (Å²) in [6.45, 7) is 1.64. The molecule has 2 nitrogen and oxygen atoms in total. The molecule has 1 aliphatic carbocycles. The lowest BCUT2D eigenvalue weighted by atomic mass is 9.92. The van der Waals surface area contributed by atoms with Gasteiger partial charge in [0.15, 0.2) is 0 Å². The highest BCUT2D eigenvalue weighted by atomic mass is 16.3. The second-order valence-electron chi connectivity index (χ2n) is 5.46. The molecule has 0 amide bonds. The average Bonchev–Trinajstić information content (AvgIpc) is 2.83. The zero-order valence-corrected chi connectivity index (χ0v) is 9.61. The summed E-state index contributed by atoms with van der Waals surface area (Å²) >= 11 is 0. The topological polar surface area (TPSA) is 32.3 Å². The molecule has 1 saturated heterocycles. The number of hydrogen-bond donors (Lipinski definition) is 2. The number of hydrogen-bond acceptors (Lipinski definition) is 2. The fraction of sp³-hybridized carbons (Fsp3) is 0.333. The average molecular weight is 225 g/mol. The molecule has 1 heterocycles. The van der Waals surface area contributed by atoms with E-state index in [9.17, 15) is 5.11 Å². The number of nitrogens with one attached hydrogen (secondary N) is 1. The first kappa shape index (κ1) is 9.63. The lowest BCUT2D eigenvalue weighted by Gasteiger charge is -2.14. The fourth-order valence-corrected chi connectivity index (χ4v) is 3.36. The Morgan fingerprint density at radius 2 is 1.82 bits per heavy atom. The summed E-state index contributed by atoms with van der Waals surface area (Å²) in [7, 11) is 0. The van der Waals surface area contributed by atoms with E-state index < -0.39 is 5.60 Å². The standard InChI is InChI=1S/C15H15NO/c17-15-8-14(15,9-16-10-15)13-6-5-11-3-1-2-4-12(11)7-13/h1-7,16-17H,8-10H2/t14-,15-/m0/s1. The molecule has 2 N–H and O–H groups in total. The second kappa shape index (κ2) is 2.89. The normalized spacial score (nSPS) is 34.9. The van der Waals surface area contributed by atoms with Gasteiger partial charge in [-0.2, -0.15) is 0 Å². The van der Waals surface area contributed by atoms with Gasteiger partial charge in [-0.05, 0) is 22.8 Å². The first-order valence-corrected chi connectivity index (χ1v) is 6.16. The Balaban J connectivity index is 1.88. The molecule has 4 rings (SSSR count). The van der Waals surface area contributed by atoms with E-state index in [-0.39, 0.29) is 5.41 Å². The highest BCUT2D eigenvalue weighted by Gasteiger charge is 2.70. The number of rotatable bonds is 1. The van der Waals surface area contributed by atoms with Crippen LogP contribution in [0, 0.1) is 0 Å². The van der Waals surface area contributed by atoms with Crippen LogP contribution in [-0.4, -0.2) is 23.8 Å². The first-order chi connectivity index (χ1) is 8.24. The van der Waals surface area contributed by atoms with Crippen LogP contribution in [0.5, 0.6) is 0 Å². The summed E-state index contributed by atoms with van der Waals surface area (Å²) in [4.78, 5) is 0. The third kappa shape index (κ3) is 1.12. The minimum atomic E-state index is -0.491. The minimum Gasteiger partial charge on any atom is -0.388 e. The smallest absolute Gasteiger partial charge is 0.0890 e. The van der Waals surface area contributed by atoms with Crippen molar-refractivity contribution < 1.29 is 5.11 Å². The van der Waals surface area contributed by atoms with Crippen LogP contribution in [0.15, 0.2) is 42.5 Å². The van der Waals surface area contributed by atoms with Crippen molar-refractivity contribution in [2.45, 2.75) is 17.4 Å². The summed E-state index contributed by atoms with van der Waals surface area (Å²) in [5.74, 6) is 0. The maximum atomic E-state index is 10.4.